The first-order valence-electron chi connectivity index (χ1n) is 6.16. The van der Waals surface area contributed by atoms with Gasteiger partial charge in [0.1, 0.15) is 0 Å². The monoisotopic (exact) mass is 227 g/mol. The topological polar surface area (TPSA) is 29.1 Å². The van der Waals surface area contributed by atoms with Gasteiger partial charge in [0.25, 0.3) is 0 Å². The SMILES string of the molecule is CNC(=O)C(CC1CCCC1)[Si](C)(C)C. The molecule has 0 aromatic rings. The fraction of sp³-hybridized carbons (Fsp3) is 0.917. The molecule has 0 saturated heterocycles. The zero-order valence-electron chi connectivity index (χ0n) is 10.6. The molecule has 15 heavy (non-hydrogen) atoms. The minimum Gasteiger partial charge on any atom is -0.359 e. The highest BCUT2D eigenvalue weighted by Crippen LogP contribution is 2.36. The minimum absolute atomic E-state index is 0.279. The number of hydrogen-bond acceptors (Lipinski definition) is 1. The molecule has 1 N–H and O–H groups in total. The predicted molar refractivity (Wildman–Crippen MR) is 67.7 cm³/mol. The first-order chi connectivity index (χ1) is 6.95. The van der Waals surface area contributed by atoms with Crippen LogP contribution < -0.4 is 5.32 Å². The molecule has 0 heterocycles. The average molecular weight is 227 g/mol. The maximum Gasteiger partial charge on any atom is 0.220 e. The van der Waals surface area contributed by atoms with E-state index < -0.39 is 8.07 Å². The van der Waals surface area contributed by atoms with Gasteiger partial charge in [0, 0.05) is 12.6 Å². The van der Waals surface area contributed by atoms with E-state index in [1.54, 1.807) is 7.05 Å². The van der Waals surface area contributed by atoms with Crippen molar-refractivity contribution >= 4 is 14.0 Å². The number of nitrogens with one attached hydrogen (secondary N) is 1. The molecule has 1 atom stereocenters. The molecular formula is C12H25NOSi. The summed E-state index contributed by atoms with van der Waals surface area (Å²) in [5.41, 5.74) is 0.311. The van der Waals surface area contributed by atoms with E-state index in [4.69, 9.17) is 0 Å². The van der Waals surface area contributed by atoms with Gasteiger partial charge >= 0.3 is 0 Å². The molecule has 1 fully saturated rings. The summed E-state index contributed by atoms with van der Waals surface area (Å²) >= 11 is 0. The first-order valence-corrected chi connectivity index (χ1v) is 9.74. The Morgan fingerprint density at radius 2 is 1.87 bits per heavy atom. The number of rotatable bonds is 4. The van der Waals surface area contributed by atoms with Gasteiger partial charge in [-0.05, 0) is 12.3 Å². The summed E-state index contributed by atoms with van der Waals surface area (Å²) in [6.45, 7) is 6.92. The Kier molecular flexibility index (Phi) is 4.38. The third kappa shape index (κ3) is 3.63. The van der Waals surface area contributed by atoms with E-state index in [2.05, 4.69) is 25.0 Å². The Balaban J connectivity index is 2.60. The smallest absolute Gasteiger partial charge is 0.220 e. The molecule has 0 spiro atoms. The van der Waals surface area contributed by atoms with Crippen molar-refractivity contribution in [2.24, 2.45) is 5.92 Å². The summed E-state index contributed by atoms with van der Waals surface area (Å²) in [5, 5.41) is 2.84. The fourth-order valence-corrected chi connectivity index (χ4v) is 4.58. The van der Waals surface area contributed by atoms with Gasteiger partial charge in [-0.15, -0.1) is 0 Å². The minimum atomic E-state index is -1.35. The van der Waals surface area contributed by atoms with Crippen LogP contribution in [-0.2, 0) is 4.79 Å². The highest BCUT2D eigenvalue weighted by atomic mass is 28.3. The molecule has 2 nitrogen and oxygen atoms in total. The Hall–Kier alpha value is -0.313. The molecule has 0 aromatic heterocycles. The van der Waals surface area contributed by atoms with Crippen LogP contribution >= 0.6 is 0 Å². The lowest BCUT2D eigenvalue weighted by molar-refractivity contribution is -0.121. The summed E-state index contributed by atoms with van der Waals surface area (Å²) in [6, 6.07) is 0. The molecule has 0 aromatic carbocycles. The zero-order valence-corrected chi connectivity index (χ0v) is 11.6. The van der Waals surface area contributed by atoms with Crippen molar-refractivity contribution in [1.82, 2.24) is 5.32 Å². The molecule has 1 rings (SSSR count). The Bertz CT molecular complexity index is 216. The Morgan fingerprint density at radius 3 is 2.27 bits per heavy atom. The van der Waals surface area contributed by atoms with Crippen molar-refractivity contribution in [1.29, 1.82) is 0 Å². The van der Waals surface area contributed by atoms with Crippen molar-refractivity contribution in [2.45, 2.75) is 57.3 Å². The lowest BCUT2D eigenvalue weighted by atomic mass is 10.0. The zero-order chi connectivity index (χ0) is 11.5. The highest BCUT2D eigenvalue weighted by Gasteiger charge is 2.34. The number of hydrogen-bond donors (Lipinski definition) is 1. The van der Waals surface area contributed by atoms with Gasteiger partial charge < -0.3 is 5.32 Å². The first kappa shape index (κ1) is 12.8. The van der Waals surface area contributed by atoms with Crippen molar-refractivity contribution in [3.8, 4) is 0 Å². The largest absolute Gasteiger partial charge is 0.359 e. The molecule has 0 aliphatic heterocycles. The molecule has 3 heteroatoms. The molecule has 1 aliphatic rings. The number of carbonyl (C=O) groups is 1. The van der Waals surface area contributed by atoms with Crippen LogP contribution in [0.25, 0.3) is 0 Å². The lowest BCUT2D eigenvalue weighted by Crippen LogP contribution is -2.39. The van der Waals surface area contributed by atoms with Gasteiger partial charge in [0.15, 0.2) is 0 Å². The highest BCUT2D eigenvalue weighted by molar-refractivity contribution is 6.80. The Morgan fingerprint density at radius 1 is 1.33 bits per heavy atom. The summed E-state index contributed by atoms with van der Waals surface area (Å²) in [6.07, 6.45) is 6.57. The van der Waals surface area contributed by atoms with Crippen LogP contribution in [0.15, 0.2) is 0 Å². The quantitative estimate of drug-likeness (QED) is 0.735. The summed E-state index contributed by atoms with van der Waals surface area (Å²) in [5.74, 6) is 1.10. The van der Waals surface area contributed by atoms with Crippen molar-refractivity contribution in [2.75, 3.05) is 7.05 Å². The number of carbonyl (C=O) groups excluding carboxylic acids is 1. The van der Waals surface area contributed by atoms with E-state index >= 15 is 0 Å². The van der Waals surface area contributed by atoms with Gasteiger partial charge in [-0.3, -0.25) is 4.79 Å². The third-order valence-corrected chi connectivity index (χ3v) is 6.24. The molecule has 88 valence electrons. The van der Waals surface area contributed by atoms with Gasteiger partial charge in [0.05, 0.1) is 8.07 Å². The normalized spacial score (nSPS) is 20.3. The van der Waals surface area contributed by atoms with E-state index in [9.17, 15) is 4.79 Å². The average Bonchev–Trinajstić information content (AvgIpc) is 2.63. The maximum absolute atomic E-state index is 11.9. The standard InChI is InChI=1S/C12H25NOSi/c1-13-12(14)11(15(2,3)4)9-10-7-5-6-8-10/h10-11H,5-9H2,1-4H3,(H,13,14). The molecular weight excluding hydrogens is 202 g/mol. The van der Waals surface area contributed by atoms with Crippen LogP contribution in [0.5, 0.6) is 0 Å². The molecule has 0 bridgehead atoms. The van der Waals surface area contributed by atoms with Gasteiger partial charge in [-0.25, -0.2) is 0 Å². The van der Waals surface area contributed by atoms with Crippen LogP contribution in [0.4, 0.5) is 0 Å². The van der Waals surface area contributed by atoms with E-state index in [0.717, 1.165) is 12.3 Å². The van der Waals surface area contributed by atoms with E-state index in [1.165, 1.54) is 25.7 Å². The predicted octanol–water partition coefficient (Wildman–Crippen LogP) is 3.02. The Labute approximate surface area is 94.8 Å². The van der Waals surface area contributed by atoms with Crippen LogP contribution in [0.2, 0.25) is 25.2 Å². The lowest BCUT2D eigenvalue weighted by Gasteiger charge is -2.29. The fourth-order valence-electron chi connectivity index (χ4n) is 2.61. The second-order valence-electron chi connectivity index (χ2n) is 5.92. The van der Waals surface area contributed by atoms with E-state index in [-0.39, 0.29) is 5.91 Å². The summed E-state index contributed by atoms with van der Waals surface area (Å²) in [4.78, 5) is 11.9. The van der Waals surface area contributed by atoms with Crippen LogP contribution in [-0.4, -0.2) is 21.0 Å². The molecule has 0 radical (unpaired) electrons. The van der Waals surface area contributed by atoms with Crippen molar-refractivity contribution in [3.05, 3.63) is 0 Å². The number of amides is 1. The van der Waals surface area contributed by atoms with Crippen molar-refractivity contribution in [3.63, 3.8) is 0 Å². The molecule has 1 amide bonds. The molecule has 1 saturated carbocycles. The second-order valence-corrected chi connectivity index (χ2v) is 11.3. The van der Waals surface area contributed by atoms with E-state index in [1.807, 2.05) is 0 Å². The summed E-state index contributed by atoms with van der Waals surface area (Å²) < 4.78 is 0. The summed E-state index contributed by atoms with van der Waals surface area (Å²) in [7, 11) is 0.418. The molecule has 1 unspecified atom stereocenters. The van der Waals surface area contributed by atoms with Gasteiger partial charge in [0.2, 0.25) is 5.91 Å². The molecule has 1 aliphatic carbocycles. The van der Waals surface area contributed by atoms with Crippen LogP contribution in [0.3, 0.4) is 0 Å². The van der Waals surface area contributed by atoms with E-state index in [0.29, 0.717) is 5.54 Å². The second kappa shape index (κ2) is 5.15. The van der Waals surface area contributed by atoms with Crippen LogP contribution in [0.1, 0.15) is 32.1 Å². The maximum atomic E-state index is 11.9. The van der Waals surface area contributed by atoms with Crippen molar-refractivity contribution < 1.29 is 4.79 Å². The van der Waals surface area contributed by atoms with Crippen LogP contribution in [0, 0.1) is 5.92 Å². The third-order valence-electron chi connectivity index (χ3n) is 3.65. The van der Waals surface area contributed by atoms with Gasteiger partial charge in [-0.1, -0.05) is 45.3 Å². The van der Waals surface area contributed by atoms with Gasteiger partial charge in [-0.2, -0.15) is 0 Å².